The second-order valence-corrected chi connectivity index (χ2v) is 9.80. The predicted molar refractivity (Wildman–Crippen MR) is 123 cm³/mol. The number of halogens is 2. The summed E-state index contributed by atoms with van der Waals surface area (Å²) in [5.74, 6) is -2.51. The zero-order valence-electron chi connectivity index (χ0n) is 19.3. The second-order valence-electron chi connectivity index (χ2n) is 7.23. The highest BCUT2D eigenvalue weighted by atomic mass is 32.2. The molecule has 2 aromatic heterocycles. The maximum atomic E-state index is 14.0. The molecule has 0 amide bonds. The Morgan fingerprint density at radius 2 is 2.00 bits per heavy atom. The summed E-state index contributed by atoms with van der Waals surface area (Å²) in [6.45, 7) is 4.87. The number of esters is 1. The van der Waals surface area contributed by atoms with Crippen LogP contribution in [0.2, 0.25) is 0 Å². The number of carbonyl (C=O) groups is 1. The molecule has 188 valence electrons. The monoisotopic (exact) mass is 527 g/mol. The number of ether oxygens (including phenoxy) is 2. The zero-order valence-corrected chi connectivity index (χ0v) is 20.9. The van der Waals surface area contributed by atoms with Crippen LogP contribution in [0.1, 0.15) is 25.2 Å². The van der Waals surface area contributed by atoms with E-state index >= 15 is 0 Å². The van der Waals surface area contributed by atoms with Crippen molar-refractivity contribution in [3.8, 4) is 5.88 Å². The SMILES string of the molecule is CCOC(=O)[C@H](C)Oc1cc(NS(=O)(=O)c2cn(C)c(C)n2)nc(SCc2cccc(F)c2F)n1. The third-order valence-corrected chi connectivity index (χ3v) is 6.71. The molecule has 14 heteroatoms. The molecule has 0 aliphatic rings. The van der Waals surface area contributed by atoms with Crippen LogP contribution >= 0.6 is 11.8 Å². The molecule has 10 nitrogen and oxygen atoms in total. The fourth-order valence-electron chi connectivity index (χ4n) is 2.72. The number of carbonyl (C=O) groups excluding carboxylic acids is 1. The Hall–Kier alpha value is -3.26. The van der Waals surface area contributed by atoms with Gasteiger partial charge in [0, 0.05) is 30.6 Å². The smallest absolute Gasteiger partial charge is 0.347 e. The van der Waals surface area contributed by atoms with Crippen molar-refractivity contribution >= 4 is 33.6 Å². The lowest BCUT2D eigenvalue weighted by atomic mass is 10.2. The molecule has 0 aliphatic heterocycles. The van der Waals surface area contributed by atoms with Gasteiger partial charge in [-0.05, 0) is 26.8 Å². The van der Waals surface area contributed by atoms with Crippen molar-refractivity contribution in [1.29, 1.82) is 0 Å². The molecule has 0 fully saturated rings. The number of aromatic nitrogens is 4. The molecule has 2 heterocycles. The highest BCUT2D eigenvalue weighted by molar-refractivity contribution is 7.98. The first-order valence-corrected chi connectivity index (χ1v) is 12.8. The van der Waals surface area contributed by atoms with Crippen LogP contribution in [0.5, 0.6) is 5.88 Å². The number of imidazole rings is 1. The van der Waals surface area contributed by atoms with Gasteiger partial charge in [-0.25, -0.2) is 23.5 Å². The number of benzene rings is 1. The third kappa shape index (κ3) is 6.66. The summed E-state index contributed by atoms with van der Waals surface area (Å²) in [6, 6.07) is 4.96. The Bertz CT molecular complexity index is 1310. The number of nitrogens with one attached hydrogen (secondary N) is 1. The first-order valence-electron chi connectivity index (χ1n) is 10.3. The molecular weight excluding hydrogens is 504 g/mol. The molecule has 0 unspecified atom stereocenters. The number of hydrogen-bond donors (Lipinski definition) is 1. The summed E-state index contributed by atoms with van der Waals surface area (Å²) in [5, 5.41) is -0.230. The number of thioether (sulfide) groups is 1. The fraction of sp³-hybridized carbons (Fsp3) is 0.333. The normalized spacial score (nSPS) is 12.3. The summed E-state index contributed by atoms with van der Waals surface area (Å²) in [5.41, 5.74) is 0.0657. The van der Waals surface area contributed by atoms with Gasteiger partial charge in [0.05, 0.1) is 6.61 Å². The van der Waals surface area contributed by atoms with Crippen molar-refractivity contribution < 1.29 is 31.5 Å². The van der Waals surface area contributed by atoms with E-state index in [1.807, 2.05) is 0 Å². The number of sulfonamides is 1. The average molecular weight is 528 g/mol. The topological polar surface area (TPSA) is 125 Å². The minimum absolute atomic E-state index is 0.00267. The first kappa shape index (κ1) is 26.3. The number of hydrogen-bond acceptors (Lipinski definition) is 9. The molecule has 0 aliphatic carbocycles. The van der Waals surface area contributed by atoms with Crippen LogP contribution in [0.4, 0.5) is 14.6 Å². The van der Waals surface area contributed by atoms with Crippen LogP contribution in [-0.4, -0.2) is 46.6 Å². The average Bonchev–Trinajstić information content (AvgIpc) is 3.14. The van der Waals surface area contributed by atoms with Gasteiger partial charge in [0.15, 0.2) is 27.9 Å². The van der Waals surface area contributed by atoms with Gasteiger partial charge in [-0.2, -0.15) is 13.4 Å². The minimum atomic E-state index is -4.12. The Kier molecular flexibility index (Phi) is 8.27. The van der Waals surface area contributed by atoms with Crippen molar-refractivity contribution in [2.24, 2.45) is 7.05 Å². The van der Waals surface area contributed by atoms with E-state index in [4.69, 9.17) is 9.47 Å². The summed E-state index contributed by atoms with van der Waals surface area (Å²) < 4.78 is 67.4. The summed E-state index contributed by atoms with van der Waals surface area (Å²) in [4.78, 5) is 24.3. The van der Waals surface area contributed by atoms with Gasteiger partial charge in [-0.1, -0.05) is 23.9 Å². The Morgan fingerprint density at radius 1 is 1.26 bits per heavy atom. The molecule has 3 aromatic rings. The van der Waals surface area contributed by atoms with Gasteiger partial charge < -0.3 is 14.0 Å². The standard InChI is InChI=1S/C21H23F2N5O5S2/c1-5-32-20(29)12(2)33-17-9-16(27-35(30,31)18-10-28(4)13(3)24-18)25-21(26-17)34-11-14-7-6-8-15(22)19(14)23/h6-10,12H,5,11H2,1-4H3,(H,25,26,27)/t12-/m0/s1. The quantitative estimate of drug-likeness (QED) is 0.240. The van der Waals surface area contributed by atoms with Crippen molar-refractivity contribution in [3.63, 3.8) is 0 Å². The number of aryl methyl sites for hydroxylation is 2. The van der Waals surface area contributed by atoms with E-state index in [1.165, 1.54) is 31.3 Å². The Balaban J connectivity index is 1.90. The van der Waals surface area contributed by atoms with Crippen molar-refractivity contribution in [2.75, 3.05) is 11.3 Å². The van der Waals surface area contributed by atoms with Gasteiger partial charge in [-0.15, -0.1) is 0 Å². The van der Waals surface area contributed by atoms with Gasteiger partial charge in [0.25, 0.3) is 10.0 Å². The van der Waals surface area contributed by atoms with Crippen LogP contribution in [0, 0.1) is 18.6 Å². The maximum absolute atomic E-state index is 14.0. The molecule has 3 rings (SSSR count). The summed E-state index contributed by atoms with van der Waals surface area (Å²) in [7, 11) is -2.47. The predicted octanol–water partition coefficient (Wildman–Crippen LogP) is 3.22. The molecule has 0 spiro atoms. The second kappa shape index (κ2) is 11.0. The first-order chi connectivity index (χ1) is 16.5. The van der Waals surface area contributed by atoms with E-state index in [-0.39, 0.29) is 39.8 Å². The van der Waals surface area contributed by atoms with E-state index in [2.05, 4.69) is 19.7 Å². The largest absolute Gasteiger partial charge is 0.463 e. The number of anilines is 1. The van der Waals surface area contributed by atoms with E-state index in [0.717, 1.165) is 17.8 Å². The van der Waals surface area contributed by atoms with E-state index in [1.54, 1.807) is 25.5 Å². The van der Waals surface area contributed by atoms with Crippen molar-refractivity contribution in [1.82, 2.24) is 19.5 Å². The molecule has 0 bridgehead atoms. The van der Waals surface area contributed by atoms with Crippen LogP contribution in [0.3, 0.4) is 0 Å². The molecule has 1 atom stereocenters. The maximum Gasteiger partial charge on any atom is 0.347 e. The Morgan fingerprint density at radius 3 is 2.66 bits per heavy atom. The highest BCUT2D eigenvalue weighted by Crippen LogP contribution is 2.27. The zero-order chi connectivity index (χ0) is 25.8. The van der Waals surface area contributed by atoms with Crippen LogP contribution < -0.4 is 9.46 Å². The van der Waals surface area contributed by atoms with Crippen molar-refractivity contribution in [2.45, 2.75) is 42.8 Å². The molecule has 0 saturated heterocycles. The van der Waals surface area contributed by atoms with Gasteiger partial charge in [0.2, 0.25) is 5.88 Å². The molecule has 0 saturated carbocycles. The number of rotatable bonds is 10. The highest BCUT2D eigenvalue weighted by Gasteiger charge is 2.22. The third-order valence-electron chi connectivity index (χ3n) is 4.59. The van der Waals surface area contributed by atoms with Crippen molar-refractivity contribution in [3.05, 3.63) is 53.5 Å². The molecule has 1 aromatic carbocycles. The van der Waals surface area contributed by atoms with E-state index < -0.39 is 33.7 Å². The molecule has 1 N–H and O–H groups in total. The minimum Gasteiger partial charge on any atom is -0.463 e. The Labute approximate surface area is 205 Å². The summed E-state index contributed by atoms with van der Waals surface area (Å²) in [6.07, 6.45) is 0.285. The lowest BCUT2D eigenvalue weighted by molar-refractivity contribution is -0.150. The van der Waals surface area contributed by atoms with E-state index in [0.29, 0.717) is 5.82 Å². The van der Waals surface area contributed by atoms with Crippen LogP contribution in [-0.2, 0) is 32.4 Å². The number of nitrogens with zero attached hydrogens (tertiary/aromatic N) is 4. The van der Waals surface area contributed by atoms with Gasteiger partial charge in [0.1, 0.15) is 11.6 Å². The van der Waals surface area contributed by atoms with Crippen LogP contribution in [0.25, 0.3) is 0 Å². The summed E-state index contributed by atoms with van der Waals surface area (Å²) >= 11 is 0.919. The van der Waals surface area contributed by atoms with Crippen LogP contribution in [0.15, 0.2) is 40.6 Å². The fourth-order valence-corrected chi connectivity index (χ4v) is 4.58. The lowest BCUT2D eigenvalue weighted by Gasteiger charge is -2.14. The van der Waals surface area contributed by atoms with Gasteiger partial charge >= 0.3 is 5.97 Å². The molecular formula is C21H23F2N5O5S2. The molecule has 0 radical (unpaired) electrons. The van der Waals surface area contributed by atoms with E-state index in [9.17, 15) is 22.0 Å². The van der Waals surface area contributed by atoms with Gasteiger partial charge in [-0.3, -0.25) is 4.72 Å². The molecule has 35 heavy (non-hydrogen) atoms. The lowest BCUT2D eigenvalue weighted by Crippen LogP contribution is -2.26.